The fourth-order valence-electron chi connectivity index (χ4n) is 7.45. The number of sulfone groups is 2. The van der Waals surface area contributed by atoms with Gasteiger partial charge in [-0.2, -0.15) is 0 Å². The Morgan fingerprint density at radius 3 is 1.70 bits per heavy atom. The Morgan fingerprint density at radius 1 is 0.750 bits per heavy atom. The number of aryl methyl sites for hydroxylation is 1. The number of carboxylic acids is 1. The fraction of sp³-hybridized carbons (Fsp3) is 0.571. The number of ether oxygens (including phenoxy) is 5. The molecule has 3 heterocycles. The molecular weight excluding hydrogens is 837 g/mol. The predicted molar refractivity (Wildman–Crippen MR) is 219 cm³/mol. The number of thiazole rings is 1. The van der Waals surface area contributed by atoms with Gasteiger partial charge in [0.25, 0.3) is 5.91 Å². The molecule has 0 bridgehead atoms. The Kier molecular flexibility index (Phi) is 14.4. The van der Waals surface area contributed by atoms with E-state index in [1.807, 2.05) is 0 Å². The van der Waals surface area contributed by atoms with Crippen LogP contribution in [0.2, 0.25) is 0 Å². The van der Waals surface area contributed by atoms with E-state index in [0.29, 0.717) is 120 Å². The summed E-state index contributed by atoms with van der Waals surface area (Å²) in [7, 11) is -6.58. The second-order valence-corrected chi connectivity index (χ2v) is 21.2. The molecule has 18 heteroatoms. The van der Waals surface area contributed by atoms with Crippen LogP contribution in [0, 0.1) is 5.92 Å². The van der Waals surface area contributed by atoms with Crippen molar-refractivity contribution in [2.75, 3.05) is 38.4 Å². The maximum atomic E-state index is 13.5. The van der Waals surface area contributed by atoms with Gasteiger partial charge >= 0.3 is 11.9 Å². The minimum atomic E-state index is -3.32. The highest BCUT2D eigenvalue weighted by Crippen LogP contribution is 2.37. The van der Waals surface area contributed by atoms with Gasteiger partial charge in [-0.05, 0) is 113 Å². The van der Waals surface area contributed by atoms with Gasteiger partial charge in [-0.25, -0.2) is 26.6 Å². The Labute approximate surface area is 354 Å². The molecule has 1 amide bonds. The van der Waals surface area contributed by atoms with E-state index < -0.39 is 37.9 Å². The van der Waals surface area contributed by atoms with Crippen molar-refractivity contribution in [3.8, 4) is 0 Å². The molecule has 0 radical (unpaired) electrons. The first kappa shape index (κ1) is 44.3. The number of aromatic nitrogens is 1. The third-order valence-corrected chi connectivity index (χ3v) is 16.8. The number of esters is 1. The average Bonchev–Trinajstić information content (AvgIpc) is 4.20. The number of nitrogens with one attached hydrogen (secondary N) is 1. The van der Waals surface area contributed by atoms with Crippen molar-refractivity contribution < 1.29 is 60.0 Å². The van der Waals surface area contributed by atoms with Crippen LogP contribution in [0.3, 0.4) is 0 Å². The van der Waals surface area contributed by atoms with Crippen molar-refractivity contribution in [3.63, 3.8) is 0 Å². The molecule has 4 fully saturated rings. The van der Waals surface area contributed by atoms with Gasteiger partial charge in [-0.1, -0.05) is 24.3 Å². The van der Waals surface area contributed by atoms with Gasteiger partial charge in [-0.15, -0.1) is 11.3 Å². The minimum Gasteiger partial charge on any atom is -0.479 e. The number of anilines is 1. The van der Waals surface area contributed by atoms with E-state index in [4.69, 9.17) is 23.7 Å². The van der Waals surface area contributed by atoms with Crippen molar-refractivity contribution in [3.05, 3.63) is 70.2 Å². The van der Waals surface area contributed by atoms with Gasteiger partial charge in [0.1, 0.15) is 0 Å². The molecule has 1 aromatic heterocycles. The summed E-state index contributed by atoms with van der Waals surface area (Å²) in [5.41, 5.74) is 1.94. The van der Waals surface area contributed by atoms with Gasteiger partial charge in [0.05, 0.1) is 50.7 Å². The summed E-state index contributed by atoms with van der Waals surface area (Å²) < 4.78 is 77.3. The van der Waals surface area contributed by atoms with E-state index in [0.717, 1.165) is 10.6 Å². The lowest BCUT2D eigenvalue weighted by Crippen LogP contribution is -2.31. The molecule has 2 aliphatic heterocycles. The number of aliphatic carboxylic acids is 1. The van der Waals surface area contributed by atoms with Crippen molar-refractivity contribution in [2.45, 2.75) is 122 Å². The van der Waals surface area contributed by atoms with Crippen LogP contribution in [0.5, 0.6) is 0 Å². The van der Waals surface area contributed by atoms with Crippen molar-refractivity contribution in [1.29, 1.82) is 0 Å². The van der Waals surface area contributed by atoms with E-state index in [-0.39, 0.29) is 50.3 Å². The maximum Gasteiger partial charge on any atom is 0.337 e. The number of nitrogens with zero attached hydrogens (tertiary/aromatic N) is 1. The Hall–Kier alpha value is -3.78. The highest BCUT2D eigenvalue weighted by atomic mass is 32.2. The summed E-state index contributed by atoms with van der Waals surface area (Å²) in [4.78, 5) is 43.3. The number of carboxylic acid groups (broad SMARTS) is 1. The lowest BCUT2D eigenvalue weighted by Gasteiger charge is -2.27. The van der Waals surface area contributed by atoms with Gasteiger partial charge in [0.2, 0.25) is 0 Å². The fourth-order valence-corrected chi connectivity index (χ4v) is 11.9. The molecule has 0 spiro atoms. The number of amides is 1. The van der Waals surface area contributed by atoms with Crippen LogP contribution in [0.4, 0.5) is 5.13 Å². The van der Waals surface area contributed by atoms with E-state index in [9.17, 15) is 36.3 Å². The highest BCUT2D eigenvalue weighted by molar-refractivity contribution is 7.92. The highest BCUT2D eigenvalue weighted by Gasteiger charge is 2.38. The molecule has 3 aromatic rings. The van der Waals surface area contributed by atoms with Crippen LogP contribution in [-0.4, -0.2) is 101 Å². The molecule has 3 unspecified atom stereocenters. The summed E-state index contributed by atoms with van der Waals surface area (Å²) >= 11 is 1.37. The Balaban J connectivity index is 0.000000203. The smallest absolute Gasteiger partial charge is 0.337 e. The molecular formula is C42H52N2O13S3. The normalized spacial score (nSPS) is 21.1. The minimum absolute atomic E-state index is 0.144. The van der Waals surface area contributed by atoms with Crippen LogP contribution in [0.1, 0.15) is 98.6 Å². The Morgan fingerprint density at radius 2 is 1.23 bits per heavy atom. The van der Waals surface area contributed by atoms with Gasteiger partial charge in [0, 0.05) is 31.3 Å². The third-order valence-electron chi connectivity index (χ3n) is 11.2. The lowest BCUT2D eigenvalue weighted by atomic mass is 9.91. The van der Waals surface area contributed by atoms with E-state index >= 15 is 0 Å². The van der Waals surface area contributed by atoms with Gasteiger partial charge in [-0.3, -0.25) is 14.9 Å². The van der Waals surface area contributed by atoms with Gasteiger partial charge in [0.15, 0.2) is 37.0 Å². The molecule has 8 rings (SSSR count). The first-order valence-corrected chi connectivity index (χ1v) is 24.6. The molecule has 326 valence electrons. The summed E-state index contributed by atoms with van der Waals surface area (Å²) in [5.74, 6) is -1.82. The second kappa shape index (κ2) is 19.5. The van der Waals surface area contributed by atoms with Crippen LogP contribution in [0.15, 0.2) is 58.3 Å². The number of hydrogen-bond acceptors (Lipinski definition) is 14. The number of rotatable bonds is 15. The van der Waals surface area contributed by atoms with Crippen molar-refractivity contribution >= 4 is 54.0 Å². The van der Waals surface area contributed by atoms with E-state index in [2.05, 4.69) is 10.3 Å². The zero-order chi connectivity index (χ0) is 42.4. The molecule has 2 N–H and O–H groups in total. The molecule has 5 aliphatic rings. The number of carbonyl (C=O) groups excluding carboxylic acids is 2. The van der Waals surface area contributed by atoms with Crippen LogP contribution >= 0.6 is 11.3 Å². The molecule has 2 saturated heterocycles. The largest absolute Gasteiger partial charge is 0.479 e. The monoisotopic (exact) mass is 888 g/mol. The molecule has 3 aliphatic carbocycles. The van der Waals surface area contributed by atoms with Crippen LogP contribution in [-0.2, 0) is 70.6 Å². The molecule has 60 heavy (non-hydrogen) atoms. The zero-order valence-electron chi connectivity index (χ0n) is 33.5. The van der Waals surface area contributed by atoms with Gasteiger partial charge < -0.3 is 28.8 Å². The summed E-state index contributed by atoms with van der Waals surface area (Å²) in [6, 6.07) is 12.5. The van der Waals surface area contributed by atoms with Crippen molar-refractivity contribution in [1.82, 2.24) is 4.98 Å². The summed E-state index contributed by atoms with van der Waals surface area (Å²) in [5, 5.41) is 12.2. The SMILES string of the molecule is CCOC(=O)C1CCc2nc(NC(=O)C(OC3CCOCC3)c3ccc(S(=O)(=O)C4CC4)cc3)sc2C1.O=C(O)C(OC1CCOCC1)c1ccc(S(=O)(=O)C2CC2)cc1. The third kappa shape index (κ3) is 11.0. The summed E-state index contributed by atoms with van der Waals surface area (Å²) in [6.07, 6.45) is 5.06. The molecule has 3 atom stereocenters. The van der Waals surface area contributed by atoms with E-state index in [1.54, 1.807) is 31.2 Å². The van der Waals surface area contributed by atoms with Crippen molar-refractivity contribution in [2.24, 2.45) is 5.92 Å². The number of hydrogen-bond donors (Lipinski definition) is 2. The lowest BCUT2D eigenvalue weighted by molar-refractivity contribution is -0.158. The zero-order valence-corrected chi connectivity index (χ0v) is 35.9. The number of fused-ring (bicyclic) bond motifs is 1. The molecule has 15 nitrogen and oxygen atoms in total. The topological polar surface area (TPSA) is 211 Å². The predicted octanol–water partition coefficient (Wildman–Crippen LogP) is 5.57. The maximum absolute atomic E-state index is 13.5. The molecule has 2 saturated carbocycles. The van der Waals surface area contributed by atoms with Crippen LogP contribution in [0.25, 0.3) is 0 Å². The quantitative estimate of drug-likeness (QED) is 0.179. The standard InChI is InChI=1S/C26H32N2O7S2.C16H20O6S/c1-2-34-25(30)17-5-10-21-22(15-17)36-26(27-21)28-24(29)23(35-18-11-13-33-14-12-18)16-3-6-19(7-4-16)37(31,32)20-8-9-20;17-16(18)15(22-12-7-9-21-10-8-12)11-1-3-13(4-2-11)23(19,20)14-5-6-14/h3-4,6-7,17-18,20,23H,2,5,8-15H2,1H3,(H,27,28,29);1-4,12,14-15H,5-10H2,(H,17,18). The van der Waals surface area contributed by atoms with E-state index in [1.165, 1.54) is 35.6 Å². The molecule has 2 aromatic carbocycles. The second-order valence-electron chi connectivity index (χ2n) is 15.7. The first-order chi connectivity index (χ1) is 28.8. The number of carbonyl (C=O) groups is 3. The first-order valence-electron chi connectivity index (χ1n) is 20.7. The number of benzene rings is 2. The Bertz CT molecular complexity index is 2190. The summed E-state index contributed by atoms with van der Waals surface area (Å²) in [6.45, 7) is 4.42. The average molecular weight is 889 g/mol. The van der Waals surface area contributed by atoms with Crippen LogP contribution < -0.4 is 5.32 Å².